The van der Waals surface area contributed by atoms with E-state index in [0.29, 0.717) is 0 Å². The molecule has 0 heterocycles. The summed E-state index contributed by atoms with van der Waals surface area (Å²) in [6, 6.07) is 0. The van der Waals surface area contributed by atoms with Gasteiger partial charge in [0.1, 0.15) is 0 Å². The molecule has 0 bridgehead atoms. The van der Waals surface area contributed by atoms with E-state index in [2.05, 4.69) is 11.3 Å². The zero-order valence-corrected chi connectivity index (χ0v) is 6.88. The summed E-state index contributed by atoms with van der Waals surface area (Å²) < 4.78 is 41.4. The molecule has 12 heavy (non-hydrogen) atoms. The third-order valence-corrected chi connectivity index (χ3v) is 0.488. The Morgan fingerprint density at radius 3 is 2.00 bits per heavy atom. The maximum atomic E-state index is 10.2. The molecule has 0 saturated carbocycles. The van der Waals surface area contributed by atoms with E-state index < -0.39 is 10.4 Å². The molecule has 72 valence electrons. The van der Waals surface area contributed by atoms with Crippen molar-refractivity contribution in [2.24, 2.45) is 0 Å². The molecule has 0 aliphatic carbocycles. The molecule has 6 nitrogen and oxygen atoms in total. The number of hydrogen-bond acceptors (Lipinski definition) is 5. The molecule has 8 heteroatoms. The fraction of sp³-hybridized carbons (Fsp3) is 0.250. The zero-order chi connectivity index (χ0) is 10.2. The highest BCUT2D eigenvalue weighted by Crippen LogP contribution is 1.81. The molecule has 0 aromatic carbocycles. The van der Waals surface area contributed by atoms with Gasteiger partial charge in [-0.2, -0.15) is 8.42 Å². The first-order valence-corrected chi connectivity index (χ1v) is 3.75. The minimum Gasteiger partial charge on any atom is -0.435 e. The van der Waals surface area contributed by atoms with E-state index in [1.165, 1.54) is 6.92 Å². The molecule has 0 aliphatic heterocycles. The van der Waals surface area contributed by atoms with Gasteiger partial charge < -0.3 is 4.74 Å². The molecule has 0 amide bonds. The van der Waals surface area contributed by atoms with Crippen LogP contribution in [0.2, 0.25) is 0 Å². The average Bonchev–Trinajstić information content (AvgIpc) is 1.87. The van der Waals surface area contributed by atoms with Crippen LogP contribution in [0.25, 0.3) is 0 Å². The SMILES string of the molecule is C=COC(C)=O.O=S(=O)(O)OF. The maximum absolute atomic E-state index is 10.2. The van der Waals surface area contributed by atoms with E-state index in [4.69, 9.17) is 13.0 Å². The second-order valence-electron chi connectivity index (χ2n) is 1.27. The maximum Gasteiger partial charge on any atom is 0.428 e. The van der Waals surface area contributed by atoms with Crippen molar-refractivity contribution >= 4 is 16.4 Å². The summed E-state index contributed by atoms with van der Waals surface area (Å²) in [4.78, 5) is 9.75. The Kier molecular flexibility index (Phi) is 7.59. The molecule has 0 fully saturated rings. The van der Waals surface area contributed by atoms with Gasteiger partial charge in [0.15, 0.2) is 0 Å². The van der Waals surface area contributed by atoms with Crippen LogP contribution in [-0.4, -0.2) is 18.9 Å². The van der Waals surface area contributed by atoms with Crippen molar-refractivity contribution in [2.45, 2.75) is 6.92 Å². The van der Waals surface area contributed by atoms with Crippen molar-refractivity contribution in [1.82, 2.24) is 0 Å². The summed E-state index contributed by atoms with van der Waals surface area (Å²) in [6.45, 7) is 4.48. The zero-order valence-electron chi connectivity index (χ0n) is 6.06. The molecule has 1 N–H and O–H groups in total. The van der Waals surface area contributed by atoms with Crippen molar-refractivity contribution in [3.63, 3.8) is 0 Å². The molecular weight excluding hydrogens is 195 g/mol. The molecule has 0 rings (SSSR count). The van der Waals surface area contributed by atoms with Gasteiger partial charge in [0.25, 0.3) is 0 Å². The second-order valence-corrected chi connectivity index (χ2v) is 2.25. The fourth-order valence-electron chi connectivity index (χ4n) is 0.117. The molecule has 0 aromatic heterocycles. The number of carbonyl (C=O) groups excluding carboxylic acids is 1. The first kappa shape index (κ1) is 13.6. The summed E-state index contributed by atoms with van der Waals surface area (Å²) in [5.41, 5.74) is 0. The van der Waals surface area contributed by atoms with Crippen LogP contribution in [0, 0.1) is 0 Å². The molecule has 0 atom stereocenters. The smallest absolute Gasteiger partial charge is 0.428 e. The van der Waals surface area contributed by atoms with Gasteiger partial charge in [-0.05, 0) is 8.91 Å². The van der Waals surface area contributed by atoms with Gasteiger partial charge in [0, 0.05) is 6.92 Å². The quantitative estimate of drug-likeness (QED) is 0.395. The summed E-state index contributed by atoms with van der Waals surface area (Å²) >= 11 is 0. The van der Waals surface area contributed by atoms with Crippen LogP contribution in [0.15, 0.2) is 12.8 Å². The molecule has 0 unspecified atom stereocenters. The lowest BCUT2D eigenvalue weighted by atomic mass is 10.8. The number of halogens is 1. The van der Waals surface area contributed by atoms with E-state index in [-0.39, 0.29) is 5.97 Å². The summed E-state index contributed by atoms with van der Waals surface area (Å²) in [6.07, 6.45) is 1.10. The van der Waals surface area contributed by atoms with Gasteiger partial charge in [-0.15, -0.1) is 0 Å². The van der Waals surface area contributed by atoms with Gasteiger partial charge in [-0.1, -0.05) is 6.58 Å². The number of hydrogen-bond donors (Lipinski definition) is 1. The van der Waals surface area contributed by atoms with Crippen LogP contribution in [-0.2, 0) is 24.3 Å². The lowest BCUT2D eigenvalue weighted by Gasteiger charge is -1.83. The van der Waals surface area contributed by atoms with Crippen LogP contribution >= 0.6 is 0 Å². The van der Waals surface area contributed by atoms with Gasteiger partial charge in [-0.25, -0.2) is 0 Å². The van der Waals surface area contributed by atoms with Crippen molar-refractivity contribution < 1.29 is 31.4 Å². The third-order valence-electron chi connectivity index (χ3n) is 0.329. The monoisotopic (exact) mass is 202 g/mol. The summed E-state index contributed by atoms with van der Waals surface area (Å²) in [5.74, 6) is -0.329. The predicted molar refractivity (Wildman–Crippen MR) is 35.7 cm³/mol. The molecule has 0 aliphatic rings. The Bertz CT molecular complexity index is 232. The van der Waals surface area contributed by atoms with Crippen molar-refractivity contribution in [2.75, 3.05) is 0 Å². The number of rotatable bonds is 2. The van der Waals surface area contributed by atoms with Crippen LogP contribution in [0.5, 0.6) is 0 Å². The Morgan fingerprint density at radius 2 is 2.00 bits per heavy atom. The first-order valence-electron chi connectivity index (χ1n) is 2.39. The van der Waals surface area contributed by atoms with Crippen LogP contribution in [0.4, 0.5) is 4.53 Å². The number of carbonyl (C=O) groups is 1. The summed E-state index contributed by atoms with van der Waals surface area (Å²) in [5, 5.41) is 0. The van der Waals surface area contributed by atoms with Crippen molar-refractivity contribution in [3.05, 3.63) is 12.8 Å². The normalized spacial score (nSPS) is 9.25. The van der Waals surface area contributed by atoms with Gasteiger partial charge >= 0.3 is 16.4 Å². The molecular formula is C4H7FO6S. The number of esters is 1. The third kappa shape index (κ3) is 23.0. The van der Waals surface area contributed by atoms with E-state index >= 15 is 0 Å². The van der Waals surface area contributed by atoms with Crippen LogP contribution < -0.4 is 0 Å². The fourth-order valence-corrected chi connectivity index (χ4v) is 0.117. The van der Waals surface area contributed by atoms with E-state index in [0.717, 1.165) is 6.26 Å². The summed E-state index contributed by atoms with van der Waals surface area (Å²) in [7, 11) is -4.83. The van der Waals surface area contributed by atoms with Gasteiger partial charge in [0.2, 0.25) is 0 Å². The molecule has 0 saturated heterocycles. The molecule has 0 radical (unpaired) electrons. The highest BCUT2D eigenvalue weighted by Gasteiger charge is 1.99. The standard InChI is InChI=1S/C4H6O2.FHO4S/c1-3-6-4(2)5;1-5-6(2,3)4/h3H,1H2,2H3;(H,2,3,4). The van der Waals surface area contributed by atoms with Crippen LogP contribution in [0.3, 0.4) is 0 Å². The lowest BCUT2D eigenvalue weighted by Crippen LogP contribution is -1.93. The Morgan fingerprint density at radius 1 is 1.67 bits per heavy atom. The highest BCUT2D eigenvalue weighted by atomic mass is 32.3. The topological polar surface area (TPSA) is 89.9 Å². The van der Waals surface area contributed by atoms with Crippen molar-refractivity contribution in [3.8, 4) is 0 Å². The van der Waals surface area contributed by atoms with Crippen molar-refractivity contribution in [1.29, 1.82) is 0 Å². The van der Waals surface area contributed by atoms with E-state index in [9.17, 15) is 9.32 Å². The van der Waals surface area contributed by atoms with E-state index in [1.807, 2.05) is 4.39 Å². The highest BCUT2D eigenvalue weighted by molar-refractivity contribution is 7.80. The largest absolute Gasteiger partial charge is 0.435 e. The predicted octanol–water partition coefficient (Wildman–Crippen LogP) is 0.383. The lowest BCUT2D eigenvalue weighted by molar-refractivity contribution is -0.135. The Balaban J connectivity index is 0. The second kappa shape index (κ2) is 6.70. The van der Waals surface area contributed by atoms with Gasteiger partial charge in [-0.3, -0.25) is 9.35 Å². The number of ether oxygens (including phenoxy) is 1. The average molecular weight is 202 g/mol. The van der Waals surface area contributed by atoms with Gasteiger partial charge in [0.05, 0.1) is 6.26 Å². The minimum atomic E-state index is -4.83. The Labute approximate surface area is 68.4 Å². The molecule has 0 aromatic rings. The first-order chi connectivity index (χ1) is 5.33. The molecule has 0 spiro atoms. The minimum absolute atomic E-state index is 0.329. The van der Waals surface area contributed by atoms with E-state index in [1.54, 1.807) is 0 Å². The van der Waals surface area contributed by atoms with Crippen LogP contribution in [0.1, 0.15) is 6.92 Å². The Hall–Kier alpha value is -0.990.